The molecule has 3 heterocycles. The third-order valence-corrected chi connectivity index (χ3v) is 4.83. The highest BCUT2D eigenvalue weighted by Crippen LogP contribution is 2.27. The minimum Gasteiger partial charge on any atom is -0.480 e. The first-order valence-corrected chi connectivity index (χ1v) is 8.91. The fourth-order valence-corrected chi connectivity index (χ4v) is 3.59. The van der Waals surface area contributed by atoms with Crippen molar-refractivity contribution < 1.29 is 14.7 Å². The summed E-state index contributed by atoms with van der Waals surface area (Å²) in [5.41, 5.74) is 2.39. The van der Waals surface area contributed by atoms with Crippen LogP contribution in [0.4, 0.5) is 0 Å². The molecule has 3 aromatic rings. The van der Waals surface area contributed by atoms with Gasteiger partial charge in [0.1, 0.15) is 24.1 Å². The Hall–Kier alpha value is -3.23. The fraction of sp³-hybridized carbons (Fsp3) is 0.389. The maximum atomic E-state index is 12.7. The van der Waals surface area contributed by atoms with Gasteiger partial charge in [0.05, 0.1) is 0 Å². The Balaban J connectivity index is 1.45. The molecule has 4 rings (SSSR count). The number of hydrogen-bond donors (Lipinski definition) is 1. The average molecular weight is 368 g/mol. The first-order chi connectivity index (χ1) is 13.1. The summed E-state index contributed by atoms with van der Waals surface area (Å²) in [6.45, 7) is 1.15. The second-order valence-corrected chi connectivity index (χ2v) is 6.71. The highest BCUT2D eigenvalue weighted by molar-refractivity contribution is 5.77. The van der Waals surface area contributed by atoms with E-state index in [1.54, 1.807) is 11.1 Å². The van der Waals surface area contributed by atoms with Crippen LogP contribution in [-0.2, 0) is 22.7 Å². The van der Waals surface area contributed by atoms with Gasteiger partial charge in [0.25, 0.3) is 0 Å². The van der Waals surface area contributed by atoms with E-state index < -0.39 is 5.97 Å². The highest BCUT2D eigenvalue weighted by atomic mass is 16.4. The SMILES string of the molecule is O=C(O)Cn1nccc1[C@H]1CCCN(C(=O)Cn2nc3ccccc3n2)C1. The molecule has 0 bridgehead atoms. The zero-order valence-corrected chi connectivity index (χ0v) is 14.7. The predicted octanol–water partition coefficient (Wildman–Crippen LogP) is 1.12. The Bertz CT molecular complexity index is 945. The second kappa shape index (κ2) is 7.18. The standard InChI is InChI=1S/C18H20N6O3/c25-17(11-24-20-14-5-1-2-6-15(14)21-24)22-9-3-4-13(10-22)16-7-8-19-23(16)12-18(26)27/h1-2,5-8,13H,3-4,9-12H2,(H,26,27)/t13-/m0/s1. The van der Waals surface area contributed by atoms with Gasteiger partial charge in [-0.2, -0.15) is 20.1 Å². The van der Waals surface area contributed by atoms with Crippen molar-refractivity contribution in [3.63, 3.8) is 0 Å². The van der Waals surface area contributed by atoms with Gasteiger partial charge in [-0.15, -0.1) is 0 Å². The molecular weight excluding hydrogens is 348 g/mol. The van der Waals surface area contributed by atoms with Crippen molar-refractivity contribution in [2.45, 2.75) is 31.8 Å². The molecule has 1 aliphatic heterocycles. The Morgan fingerprint density at radius 1 is 1.11 bits per heavy atom. The Morgan fingerprint density at radius 3 is 2.56 bits per heavy atom. The highest BCUT2D eigenvalue weighted by Gasteiger charge is 2.27. The molecule has 27 heavy (non-hydrogen) atoms. The Kier molecular flexibility index (Phi) is 4.57. The van der Waals surface area contributed by atoms with Crippen molar-refractivity contribution in [3.8, 4) is 0 Å². The normalized spacial score (nSPS) is 17.3. The molecule has 1 N–H and O–H groups in total. The molecule has 1 saturated heterocycles. The largest absolute Gasteiger partial charge is 0.480 e. The molecule has 1 atom stereocenters. The van der Waals surface area contributed by atoms with Crippen LogP contribution in [-0.4, -0.2) is 59.7 Å². The molecule has 1 amide bonds. The molecular formula is C18H20N6O3. The number of hydrogen-bond acceptors (Lipinski definition) is 5. The van der Waals surface area contributed by atoms with Crippen molar-refractivity contribution >= 4 is 22.9 Å². The van der Waals surface area contributed by atoms with Gasteiger partial charge < -0.3 is 10.0 Å². The van der Waals surface area contributed by atoms with Crippen LogP contribution in [0.3, 0.4) is 0 Å². The van der Waals surface area contributed by atoms with E-state index in [0.29, 0.717) is 13.1 Å². The summed E-state index contributed by atoms with van der Waals surface area (Å²) in [6.07, 6.45) is 3.38. The molecule has 9 nitrogen and oxygen atoms in total. The topological polar surface area (TPSA) is 106 Å². The number of carbonyl (C=O) groups is 2. The summed E-state index contributed by atoms with van der Waals surface area (Å²) < 4.78 is 1.50. The molecule has 9 heteroatoms. The summed E-state index contributed by atoms with van der Waals surface area (Å²) in [6, 6.07) is 9.34. The van der Waals surface area contributed by atoms with E-state index in [9.17, 15) is 9.59 Å². The van der Waals surface area contributed by atoms with Gasteiger partial charge in [-0.1, -0.05) is 12.1 Å². The quantitative estimate of drug-likeness (QED) is 0.723. The molecule has 0 saturated carbocycles. The summed E-state index contributed by atoms with van der Waals surface area (Å²) >= 11 is 0. The van der Waals surface area contributed by atoms with Gasteiger partial charge in [0, 0.05) is 30.9 Å². The first-order valence-electron chi connectivity index (χ1n) is 8.91. The third kappa shape index (κ3) is 3.67. The van der Waals surface area contributed by atoms with Crippen LogP contribution < -0.4 is 0 Å². The average Bonchev–Trinajstić information content (AvgIpc) is 3.27. The van der Waals surface area contributed by atoms with Gasteiger partial charge in [0.15, 0.2) is 0 Å². The molecule has 2 aromatic heterocycles. The van der Waals surface area contributed by atoms with Gasteiger partial charge in [0.2, 0.25) is 5.91 Å². The van der Waals surface area contributed by atoms with Crippen LogP contribution in [0.2, 0.25) is 0 Å². The number of amides is 1. The van der Waals surface area contributed by atoms with Gasteiger partial charge in [-0.3, -0.25) is 14.3 Å². The second-order valence-electron chi connectivity index (χ2n) is 6.71. The third-order valence-electron chi connectivity index (χ3n) is 4.83. The van der Waals surface area contributed by atoms with E-state index in [-0.39, 0.29) is 24.9 Å². The van der Waals surface area contributed by atoms with E-state index in [1.165, 1.54) is 9.48 Å². The van der Waals surface area contributed by atoms with Crippen molar-refractivity contribution in [1.82, 2.24) is 29.7 Å². The number of piperidine rings is 1. The van der Waals surface area contributed by atoms with Crippen molar-refractivity contribution in [2.24, 2.45) is 0 Å². The number of carboxylic acids is 1. The lowest BCUT2D eigenvalue weighted by molar-refractivity contribution is -0.138. The zero-order valence-electron chi connectivity index (χ0n) is 14.7. The first kappa shape index (κ1) is 17.2. The number of likely N-dealkylation sites (tertiary alicyclic amines) is 1. The number of benzene rings is 1. The van der Waals surface area contributed by atoms with E-state index in [2.05, 4.69) is 15.3 Å². The number of aliphatic carboxylic acids is 1. The molecule has 0 radical (unpaired) electrons. The Labute approximate surface area is 155 Å². The van der Waals surface area contributed by atoms with Crippen molar-refractivity contribution in [1.29, 1.82) is 0 Å². The Morgan fingerprint density at radius 2 is 1.85 bits per heavy atom. The summed E-state index contributed by atoms with van der Waals surface area (Å²) in [7, 11) is 0. The van der Waals surface area contributed by atoms with Crippen LogP contribution >= 0.6 is 0 Å². The monoisotopic (exact) mass is 368 g/mol. The minimum absolute atomic E-state index is 0.0377. The molecule has 1 aromatic carbocycles. The van der Waals surface area contributed by atoms with Crippen molar-refractivity contribution in [2.75, 3.05) is 13.1 Å². The zero-order chi connectivity index (χ0) is 18.8. The molecule has 0 aliphatic carbocycles. The lowest BCUT2D eigenvalue weighted by atomic mass is 9.94. The number of fused-ring (bicyclic) bond motifs is 1. The molecule has 140 valence electrons. The van der Waals surface area contributed by atoms with Crippen LogP contribution in [0.25, 0.3) is 11.0 Å². The summed E-state index contributed by atoms with van der Waals surface area (Å²) in [4.78, 5) is 27.0. The van der Waals surface area contributed by atoms with Gasteiger partial charge >= 0.3 is 5.97 Å². The van der Waals surface area contributed by atoms with Gasteiger partial charge in [-0.05, 0) is 31.0 Å². The van der Waals surface area contributed by atoms with Crippen LogP contribution in [0, 0.1) is 0 Å². The number of carboxylic acid groups (broad SMARTS) is 1. The summed E-state index contributed by atoms with van der Waals surface area (Å²) in [5.74, 6) is -0.890. The van der Waals surface area contributed by atoms with Gasteiger partial charge in [-0.25, -0.2) is 0 Å². The lowest BCUT2D eigenvalue weighted by Crippen LogP contribution is -2.41. The lowest BCUT2D eigenvalue weighted by Gasteiger charge is -2.32. The van der Waals surface area contributed by atoms with E-state index >= 15 is 0 Å². The molecule has 1 fully saturated rings. The molecule has 0 spiro atoms. The molecule has 1 aliphatic rings. The predicted molar refractivity (Wildman–Crippen MR) is 95.9 cm³/mol. The maximum Gasteiger partial charge on any atom is 0.325 e. The van der Waals surface area contributed by atoms with E-state index in [1.807, 2.05) is 30.3 Å². The number of nitrogens with zero attached hydrogens (tertiary/aromatic N) is 6. The van der Waals surface area contributed by atoms with Crippen molar-refractivity contribution in [3.05, 3.63) is 42.2 Å². The number of aromatic nitrogens is 5. The van der Waals surface area contributed by atoms with E-state index in [4.69, 9.17) is 5.11 Å². The van der Waals surface area contributed by atoms with Crippen LogP contribution in [0.1, 0.15) is 24.5 Å². The summed E-state index contributed by atoms with van der Waals surface area (Å²) in [5, 5.41) is 21.8. The minimum atomic E-state index is -0.930. The number of carbonyl (C=O) groups excluding carboxylic acids is 1. The number of rotatable bonds is 5. The maximum absolute atomic E-state index is 12.7. The molecule has 0 unspecified atom stereocenters. The fourth-order valence-electron chi connectivity index (χ4n) is 3.59. The smallest absolute Gasteiger partial charge is 0.325 e. The van der Waals surface area contributed by atoms with Crippen LogP contribution in [0.5, 0.6) is 0 Å². The van der Waals surface area contributed by atoms with E-state index in [0.717, 1.165) is 29.6 Å². The van der Waals surface area contributed by atoms with Crippen LogP contribution in [0.15, 0.2) is 36.5 Å².